The first-order valence-corrected chi connectivity index (χ1v) is 10.3. The van der Waals surface area contributed by atoms with E-state index in [0.717, 1.165) is 23.8 Å². The zero-order chi connectivity index (χ0) is 16.4. The fourth-order valence-corrected chi connectivity index (χ4v) is 5.44. The van der Waals surface area contributed by atoms with Crippen LogP contribution in [0.15, 0.2) is 11.4 Å². The normalized spacial score (nSPS) is 20.9. The number of thiophene rings is 1. The number of hydrogen-bond donors (Lipinski definition) is 1. The summed E-state index contributed by atoms with van der Waals surface area (Å²) >= 11 is 3.18. The maximum atomic E-state index is 12.3. The van der Waals surface area contributed by atoms with Gasteiger partial charge in [-0.1, -0.05) is 37.0 Å². The SMILES string of the molecule is O=C(CC1OCCc2ccsc21)Nc1nnc(CC2CCCC2)s1. The summed E-state index contributed by atoms with van der Waals surface area (Å²) in [5.74, 6) is 0.694. The Hall–Kier alpha value is -1.31. The molecule has 0 aromatic carbocycles. The van der Waals surface area contributed by atoms with Crippen molar-refractivity contribution in [3.8, 4) is 0 Å². The predicted octanol–water partition coefficient (Wildman–Crippen LogP) is 3.97. The highest BCUT2D eigenvalue weighted by Crippen LogP contribution is 2.34. The average Bonchev–Trinajstić information content (AvgIpc) is 3.30. The summed E-state index contributed by atoms with van der Waals surface area (Å²) in [5, 5.41) is 15.0. The second kappa shape index (κ2) is 7.29. The number of carbonyl (C=O) groups excluding carboxylic acids is 1. The van der Waals surface area contributed by atoms with Crippen LogP contribution in [0.25, 0.3) is 0 Å². The van der Waals surface area contributed by atoms with Crippen molar-refractivity contribution in [1.82, 2.24) is 10.2 Å². The van der Waals surface area contributed by atoms with Crippen molar-refractivity contribution in [1.29, 1.82) is 0 Å². The van der Waals surface area contributed by atoms with Gasteiger partial charge in [0, 0.05) is 11.3 Å². The van der Waals surface area contributed by atoms with Gasteiger partial charge in [0.2, 0.25) is 11.0 Å². The van der Waals surface area contributed by atoms with Gasteiger partial charge in [0.1, 0.15) is 11.1 Å². The molecule has 1 fully saturated rings. The topological polar surface area (TPSA) is 64.1 Å². The zero-order valence-corrected chi connectivity index (χ0v) is 15.1. The first-order chi connectivity index (χ1) is 11.8. The Morgan fingerprint density at radius 3 is 3.08 bits per heavy atom. The van der Waals surface area contributed by atoms with Gasteiger partial charge in [-0.15, -0.1) is 21.5 Å². The van der Waals surface area contributed by atoms with Gasteiger partial charge in [0.25, 0.3) is 0 Å². The number of hydrogen-bond acceptors (Lipinski definition) is 6. The van der Waals surface area contributed by atoms with Crippen molar-refractivity contribution in [2.24, 2.45) is 5.92 Å². The van der Waals surface area contributed by atoms with Crippen molar-refractivity contribution in [2.75, 3.05) is 11.9 Å². The van der Waals surface area contributed by atoms with Gasteiger partial charge in [-0.05, 0) is 29.3 Å². The quantitative estimate of drug-likeness (QED) is 0.873. The summed E-state index contributed by atoms with van der Waals surface area (Å²) in [6.07, 6.45) is 7.41. The van der Waals surface area contributed by atoms with E-state index < -0.39 is 0 Å². The highest BCUT2D eigenvalue weighted by Gasteiger charge is 2.25. The number of nitrogens with zero attached hydrogens (tertiary/aromatic N) is 2. The highest BCUT2D eigenvalue weighted by atomic mass is 32.1. The number of anilines is 1. The van der Waals surface area contributed by atoms with Crippen molar-refractivity contribution in [2.45, 2.75) is 51.0 Å². The standard InChI is InChI=1S/C17H21N3O2S2/c21-14(10-13-16-12(5-7-22-13)6-8-23-16)18-17-20-19-15(24-17)9-11-3-1-2-4-11/h6,8,11,13H,1-5,7,9-10H2,(H,18,20,21). The number of rotatable bonds is 5. The first kappa shape index (κ1) is 16.2. The molecule has 3 heterocycles. The lowest BCUT2D eigenvalue weighted by molar-refractivity contribution is -0.119. The van der Waals surface area contributed by atoms with E-state index in [1.54, 1.807) is 11.3 Å². The van der Waals surface area contributed by atoms with E-state index in [-0.39, 0.29) is 12.0 Å². The van der Waals surface area contributed by atoms with Gasteiger partial charge in [-0.3, -0.25) is 4.79 Å². The Morgan fingerprint density at radius 1 is 1.33 bits per heavy atom. The van der Waals surface area contributed by atoms with Crippen LogP contribution in [0.2, 0.25) is 0 Å². The van der Waals surface area contributed by atoms with E-state index in [1.165, 1.54) is 47.5 Å². The number of amides is 1. The summed E-state index contributed by atoms with van der Waals surface area (Å²) < 4.78 is 5.78. The van der Waals surface area contributed by atoms with E-state index in [1.807, 2.05) is 0 Å². The molecule has 1 N–H and O–H groups in total. The summed E-state index contributed by atoms with van der Waals surface area (Å²) in [6, 6.07) is 2.13. The van der Waals surface area contributed by atoms with Crippen LogP contribution in [0.1, 0.15) is 53.7 Å². The highest BCUT2D eigenvalue weighted by molar-refractivity contribution is 7.15. The third kappa shape index (κ3) is 3.68. The summed E-state index contributed by atoms with van der Waals surface area (Å²) in [4.78, 5) is 13.5. The summed E-state index contributed by atoms with van der Waals surface area (Å²) in [7, 11) is 0. The molecule has 1 amide bonds. The molecule has 4 rings (SSSR count). The molecule has 128 valence electrons. The molecule has 7 heteroatoms. The molecule has 1 aliphatic heterocycles. The summed E-state index contributed by atoms with van der Waals surface area (Å²) in [6.45, 7) is 0.687. The van der Waals surface area contributed by atoms with Crippen LogP contribution in [0, 0.1) is 5.92 Å². The molecule has 1 unspecified atom stereocenters. The lowest BCUT2D eigenvalue weighted by atomic mass is 10.1. The average molecular weight is 364 g/mol. The van der Waals surface area contributed by atoms with Crippen molar-refractivity contribution < 1.29 is 9.53 Å². The van der Waals surface area contributed by atoms with E-state index in [2.05, 4.69) is 27.0 Å². The third-order valence-electron chi connectivity index (χ3n) is 4.79. The van der Waals surface area contributed by atoms with Crippen LogP contribution < -0.4 is 5.32 Å². The van der Waals surface area contributed by atoms with Crippen molar-refractivity contribution in [3.05, 3.63) is 26.9 Å². The van der Waals surface area contributed by atoms with Gasteiger partial charge in [-0.25, -0.2) is 0 Å². The zero-order valence-electron chi connectivity index (χ0n) is 13.5. The molecule has 0 spiro atoms. The number of carbonyl (C=O) groups is 1. The Bertz CT molecular complexity index is 706. The van der Waals surface area contributed by atoms with E-state index in [0.29, 0.717) is 18.2 Å². The van der Waals surface area contributed by atoms with Gasteiger partial charge >= 0.3 is 0 Å². The molecule has 1 atom stereocenters. The molecule has 5 nitrogen and oxygen atoms in total. The van der Waals surface area contributed by atoms with Gasteiger partial charge < -0.3 is 10.1 Å². The van der Waals surface area contributed by atoms with E-state index in [4.69, 9.17) is 4.74 Å². The molecule has 2 aromatic rings. The van der Waals surface area contributed by atoms with E-state index in [9.17, 15) is 4.79 Å². The minimum atomic E-state index is -0.125. The largest absolute Gasteiger partial charge is 0.372 e. The Kier molecular flexibility index (Phi) is 4.91. The van der Waals surface area contributed by atoms with Gasteiger partial charge in [0.05, 0.1) is 13.0 Å². The fourth-order valence-electron chi connectivity index (χ4n) is 3.56. The van der Waals surface area contributed by atoms with Crippen molar-refractivity contribution in [3.63, 3.8) is 0 Å². The molecule has 2 aliphatic rings. The molecule has 0 bridgehead atoms. The van der Waals surface area contributed by atoms with Crippen LogP contribution >= 0.6 is 22.7 Å². The van der Waals surface area contributed by atoms with Crippen LogP contribution in [0.5, 0.6) is 0 Å². The molecule has 0 saturated heterocycles. The molecule has 0 radical (unpaired) electrons. The second-order valence-corrected chi connectivity index (χ2v) is 8.54. The first-order valence-electron chi connectivity index (χ1n) is 8.58. The Balaban J connectivity index is 1.33. The minimum Gasteiger partial charge on any atom is -0.372 e. The maximum absolute atomic E-state index is 12.3. The lowest BCUT2D eigenvalue weighted by Crippen LogP contribution is -2.21. The number of nitrogens with one attached hydrogen (secondary N) is 1. The number of aromatic nitrogens is 2. The Labute approximate surface area is 149 Å². The number of ether oxygens (including phenoxy) is 1. The van der Waals surface area contributed by atoms with E-state index >= 15 is 0 Å². The molecular weight excluding hydrogens is 342 g/mol. The van der Waals surface area contributed by atoms with Crippen LogP contribution in [-0.4, -0.2) is 22.7 Å². The van der Waals surface area contributed by atoms with Crippen LogP contribution in [-0.2, 0) is 22.4 Å². The smallest absolute Gasteiger partial charge is 0.229 e. The van der Waals surface area contributed by atoms with Crippen LogP contribution in [0.4, 0.5) is 5.13 Å². The second-order valence-electron chi connectivity index (χ2n) is 6.53. The maximum Gasteiger partial charge on any atom is 0.229 e. The molecule has 2 aromatic heterocycles. The fraction of sp³-hybridized carbons (Fsp3) is 0.588. The molecule has 1 aliphatic carbocycles. The van der Waals surface area contributed by atoms with Crippen molar-refractivity contribution >= 4 is 33.7 Å². The third-order valence-corrected chi connectivity index (χ3v) is 6.70. The van der Waals surface area contributed by atoms with Gasteiger partial charge in [0.15, 0.2) is 0 Å². The molecule has 1 saturated carbocycles. The predicted molar refractivity (Wildman–Crippen MR) is 95.5 cm³/mol. The molecular formula is C17H21N3O2S2. The van der Waals surface area contributed by atoms with Crippen LogP contribution in [0.3, 0.4) is 0 Å². The minimum absolute atomic E-state index is 0.0511. The lowest BCUT2D eigenvalue weighted by Gasteiger charge is -2.22. The van der Waals surface area contributed by atoms with Gasteiger partial charge in [-0.2, -0.15) is 0 Å². The molecule has 24 heavy (non-hydrogen) atoms. The monoisotopic (exact) mass is 363 g/mol. The summed E-state index contributed by atoms with van der Waals surface area (Å²) in [5.41, 5.74) is 1.32. The Morgan fingerprint density at radius 2 is 2.21 bits per heavy atom. The number of fused-ring (bicyclic) bond motifs is 1.